The van der Waals surface area contributed by atoms with E-state index >= 15 is 0 Å². The second-order valence-corrected chi connectivity index (χ2v) is 6.35. The Labute approximate surface area is 146 Å². The summed E-state index contributed by atoms with van der Waals surface area (Å²) >= 11 is 0. The Bertz CT molecular complexity index is 755. The van der Waals surface area contributed by atoms with Gasteiger partial charge in [0.15, 0.2) is 0 Å². The molecule has 0 spiro atoms. The first-order chi connectivity index (χ1) is 12.0. The van der Waals surface area contributed by atoms with Gasteiger partial charge in [-0.2, -0.15) is 0 Å². The highest BCUT2D eigenvalue weighted by Gasteiger charge is 2.57. The number of benzene rings is 2. The lowest BCUT2D eigenvalue weighted by atomic mass is 10.0. The zero-order valence-electron chi connectivity index (χ0n) is 14.2. The van der Waals surface area contributed by atoms with Crippen LogP contribution in [-0.4, -0.2) is 23.3 Å². The van der Waals surface area contributed by atoms with E-state index in [1.807, 2.05) is 37.3 Å². The van der Waals surface area contributed by atoms with Gasteiger partial charge >= 0.3 is 0 Å². The fraction of sp³-hybridized carbons (Fsp3) is 0.300. The van der Waals surface area contributed by atoms with E-state index in [4.69, 9.17) is 0 Å². The van der Waals surface area contributed by atoms with Gasteiger partial charge in [0.05, 0.1) is 0 Å². The molecule has 5 heteroatoms. The van der Waals surface area contributed by atoms with E-state index in [0.717, 1.165) is 5.56 Å². The lowest BCUT2D eigenvalue weighted by Gasteiger charge is -2.26. The summed E-state index contributed by atoms with van der Waals surface area (Å²) in [6.45, 7) is 2.94. The van der Waals surface area contributed by atoms with Crippen LogP contribution < -0.4 is 5.32 Å². The molecule has 2 aromatic rings. The molecule has 0 bridgehead atoms. The molecular weight excluding hydrogens is 319 g/mol. The molecule has 0 aromatic heterocycles. The predicted molar refractivity (Wildman–Crippen MR) is 94.2 cm³/mol. The summed E-state index contributed by atoms with van der Waals surface area (Å²) < 4.78 is 13.0. The summed E-state index contributed by atoms with van der Waals surface area (Å²) in [5.74, 6) is -0.815. The van der Waals surface area contributed by atoms with Crippen molar-refractivity contribution in [2.75, 3.05) is 11.9 Å². The highest BCUT2D eigenvalue weighted by molar-refractivity contribution is 6.13. The maximum atomic E-state index is 13.0. The molecule has 3 rings (SSSR count). The molecule has 1 aliphatic carbocycles. The Kier molecular flexibility index (Phi) is 4.83. The van der Waals surface area contributed by atoms with Crippen LogP contribution in [0.15, 0.2) is 54.6 Å². The Hall–Kier alpha value is -2.69. The topological polar surface area (TPSA) is 49.4 Å². The molecule has 1 fully saturated rings. The van der Waals surface area contributed by atoms with Crippen molar-refractivity contribution in [3.8, 4) is 0 Å². The maximum absolute atomic E-state index is 13.0. The van der Waals surface area contributed by atoms with Crippen molar-refractivity contribution in [3.63, 3.8) is 0 Å². The number of hydrogen-bond donors (Lipinski definition) is 1. The zero-order chi connectivity index (χ0) is 17.9. The largest absolute Gasteiger partial charge is 0.338 e. The highest BCUT2D eigenvalue weighted by Crippen LogP contribution is 2.48. The number of rotatable bonds is 6. The van der Waals surface area contributed by atoms with Crippen LogP contribution in [0.2, 0.25) is 0 Å². The minimum Gasteiger partial charge on any atom is -0.338 e. The monoisotopic (exact) mass is 340 g/mol. The van der Waals surface area contributed by atoms with Gasteiger partial charge in [-0.25, -0.2) is 4.39 Å². The van der Waals surface area contributed by atoms with Gasteiger partial charge in [0.2, 0.25) is 11.8 Å². The summed E-state index contributed by atoms with van der Waals surface area (Å²) in [4.78, 5) is 27.3. The van der Waals surface area contributed by atoms with Gasteiger partial charge in [0.1, 0.15) is 11.2 Å². The third-order valence-corrected chi connectivity index (χ3v) is 4.58. The zero-order valence-corrected chi connectivity index (χ0v) is 14.2. The first-order valence-electron chi connectivity index (χ1n) is 8.45. The molecule has 1 N–H and O–H groups in total. The van der Waals surface area contributed by atoms with Crippen LogP contribution in [0.25, 0.3) is 0 Å². The lowest BCUT2D eigenvalue weighted by molar-refractivity contribution is -0.142. The van der Waals surface area contributed by atoms with E-state index in [0.29, 0.717) is 31.6 Å². The van der Waals surface area contributed by atoms with Gasteiger partial charge < -0.3 is 10.2 Å². The fourth-order valence-electron chi connectivity index (χ4n) is 2.88. The molecule has 0 atom stereocenters. The smallest absolute Gasteiger partial charge is 0.240 e. The van der Waals surface area contributed by atoms with Crippen LogP contribution in [0, 0.1) is 11.2 Å². The van der Waals surface area contributed by atoms with Crippen LogP contribution in [0.1, 0.15) is 25.3 Å². The van der Waals surface area contributed by atoms with Crippen molar-refractivity contribution in [1.82, 2.24) is 4.90 Å². The maximum Gasteiger partial charge on any atom is 0.240 e. The van der Waals surface area contributed by atoms with Crippen molar-refractivity contribution >= 4 is 17.5 Å². The van der Waals surface area contributed by atoms with Crippen molar-refractivity contribution in [2.45, 2.75) is 26.3 Å². The van der Waals surface area contributed by atoms with E-state index in [-0.39, 0.29) is 17.6 Å². The van der Waals surface area contributed by atoms with E-state index in [1.165, 1.54) is 24.3 Å². The van der Waals surface area contributed by atoms with Crippen LogP contribution in [0.3, 0.4) is 0 Å². The first-order valence-corrected chi connectivity index (χ1v) is 8.45. The Balaban J connectivity index is 1.70. The summed E-state index contributed by atoms with van der Waals surface area (Å²) in [5.41, 5.74) is 0.545. The average Bonchev–Trinajstić information content (AvgIpc) is 3.44. The molecule has 4 nitrogen and oxygen atoms in total. The van der Waals surface area contributed by atoms with Crippen LogP contribution in [-0.2, 0) is 16.1 Å². The van der Waals surface area contributed by atoms with E-state index in [9.17, 15) is 14.0 Å². The first kappa shape index (κ1) is 17.1. The van der Waals surface area contributed by atoms with E-state index in [1.54, 1.807) is 4.90 Å². The Morgan fingerprint density at radius 3 is 2.28 bits per heavy atom. The number of amides is 2. The number of nitrogens with one attached hydrogen (secondary N) is 1. The Morgan fingerprint density at radius 2 is 1.72 bits per heavy atom. The number of halogens is 1. The lowest BCUT2D eigenvalue weighted by Crippen LogP contribution is -2.42. The number of anilines is 1. The predicted octanol–water partition coefficient (Wildman–Crippen LogP) is 3.59. The van der Waals surface area contributed by atoms with Gasteiger partial charge in [-0.05, 0) is 49.6 Å². The number of carbonyl (C=O) groups is 2. The van der Waals surface area contributed by atoms with Gasteiger partial charge in [0, 0.05) is 18.8 Å². The van der Waals surface area contributed by atoms with Gasteiger partial charge in [-0.1, -0.05) is 30.3 Å². The van der Waals surface area contributed by atoms with Gasteiger partial charge in [-0.3, -0.25) is 9.59 Å². The molecule has 0 heterocycles. The molecule has 130 valence electrons. The molecule has 2 aromatic carbocycles. The third kappa shape index (κ3) is 3.71. The summed E-state index contributed by atoms with van der Waals surface area (Å²) in [6.07, 6.45) is 1.09. The normalized spacial score (nSPS) is 14.6. The SMILES string of the molecule is CCN(Cc1ccccc1)C(=O)C1(C(=O)Nc2ccc(F)cc2)CC1. The number of hydrogen-bond acceptors (Lipinski definition) is 2. The number of carbonyl (C=O) groups excluding carboxylic acids is 2. The van der Waals surface area contributed by atoms with Gasteiger partial charge in [-0.15, -0.1) is 0 Å². The van der Waals surface area contributed by atoms with Crippen LogP contribution in [0.5, 0.6) is 0 Å². The number of nitrogens with zero attached hydrogens (tertiary/aromatic N) is 1. The third-order valence-electron chi connectivity index (χ3n) is 4.58. The quantitative estimate of drug-likeness (QED) is 0.817. The summed E-state index contributed by atoms with van der Waals surface area (Å²) in [5, 5.41) is 2.74. The van der Waals surface area contributed by atoms with Crippen molar-refractivity contribution < 1.29 is 14.0 Å². The molecule has 2 amide bonds. The molecular formula is C20H21FN2O2. The molecule has 1 saturated carbocycles. The minimum atomic E-state index is -0.987. The highest BCUT2D eigenvalue weighted by atomic mass is 19.1. The Morgan fingerprint density at radius 1 is 1.08 bits per heavy atom. The summed E-state index contributed by atoms with van der Waals surface area (Å²) in [7, 11) is 0. The molecule has 0 saturated heterocycles. The van der Waals surface area contributed by atoms with E-state index in [2.05, 4.69) is 5.32 Å². The molecule has 0 unspecified atom stereocenters. The summed E-state index contributed by atoms with van der Waals surface area (Å²) in [6, 6.07) is 15.3. The second kappa shape index (κ2) is 7.05. The average molecular weight is 340 g/mol. The molecule has 1 aliphatic rings. The standard InChI is InChI=1S/C20H21FN2O2/c1-2-23(14-15-6-4-3-5-7-15)19(25)20(12-13-20)18(24)22-17-10-8-16(21)9-11-17/h3-11H,2,12-14H2,1H3,(H,22,24). The molecule has 0 aliphatic heterocycles. The van der Waals surface area contributed by atoms with Gasteiger partial charge in [0.25, 0.3) is 0 Å². The van der Waals surface area contributed by atoms with E-state index < -0.39 is 5.41 Å². The van der Waals surface area contributed by atoms with Crippen LogP contribution in [0.4, 0.5) is 10.1 Å². The van der Waals surface area contributed by atoms with Crippen LogP contribution >= 0.6 is 0 Å². The second-order valence-electron chi connectivity index (χ2n) is 6.35. The molecule has 0 radical (unpaired) electrons. The van der Waals surface area contributed by atoms with Crippen molar-refractivity contribution in [1.29, 1.82) is 0 Å². The van der Waals surface area contributed by atoms with Crippen molar-refractivity contribution in [3.05, 3.63) is 66.0 Å². The van der Waals surface area contributed by atoms with Crippen molar-refractivity contribution in [2.24, 2.45) is 5.41 Å². The minimum absolute atomic E-state index is 0.140. The molecule has 25 heavy (non-hydrogen) atoms. The fourth-order valence-corrected chi connectivity index (χ4v) is 2.88.